The Labute approximate surface area is 220 Å². The fourth-order valence-corrected chi connectivity index (χ4v) is 5.28. The number of β-lactam (4-membered cyclic amide) rings is 1. The van der Waals surface area contributed by atoms with Gasteiger partial charge < -0.3 is 31.0 Å². The van der Waals surface area contributed by atoms with Crippen LogP contribution in [0.4, 0.5) is 9.93 Å². The van der Waals surface area contributed by atoms with Crippen molar-refractivity contribution in [2.24, 2.45) is 11.1 Å². The highest BCUT2D eigenvalue weighted by molar-refractivity contribution is 8.00. The molecule has 0 unspecified atom stereocenters. The van der Waals surface area contributed by atoms with E-state index in [4.69, 9.17) is 25.7 Å². The lowest BCUT2D eigenvalue weighted by Gasteiger charge is -2.49. The summed E-state index contributed by atoms with van der Waals surface area (Å²) in [6.07, 6.45) is 0.493. The van der Waals surface area contributed by atoms with Crippen LogP contribution in [-0.4, -0.2) is 70.3 Å². The van der Waals surface area contributed by atoms with E-state index in [1.165, 1.54) is 23.1 Å². The first-order chi connectivity index (χ1) is 17.3. The molecule has 0 spiro atoms. The van der Waals surface area contributed by atoms with Crippen molar-refractivity contribution in [2.45, 2.75) is 39.1 Å². The van der Waals surface area contributed by atoms with Gasteiger partial charge in [-0.15, -0.1) is 23.1 Å². The minimum atomic E-state index is -1.06. The summed E-state index contributed by atoms with van der Waals surface area (Å²) in [6.45, 7) is 5.54. The van der Waals surface area contributed by atoms with Crippen molar-refractivity contribution >= 4 is 63.6 Å². The van der Waals surface area contributed by atoms with Crippen LogP contribution < -0.4 is 16.8 Å². The topological polar surface area (TPSA) is 193 Å². The first-order valence-corrected chi connectivity index (χ1v) is 12.9. The van der Waals surface area contributed by atoms with Crippen LogP contribution in [0.2, 0.25) is 0 Å². The minimum absolute atomic E-state index is 0.161. The number of carbonyl (C=O) groups excluding carboxylic acids is 5. The van der Waals surface area contributed by atoms with Crippen LogP contribution >= 0.6 is 23.1 Å². The molecule has 5 N–H and O–H groups in total. The van der Waals surface area contributed by atoms with Crippen molar-refractivity contribution in [3.8, 4) is 0 Å². The predicted octanol–water partition coefficient (Wildman–Crippen LogP) is 0.968. The second-order valence-electron chi connectivity index (χ2n) is 8.93. The van der Waals surface area contributed by atoms with Crippen molar-refractivity contribution in [3.05, 3.63) is 28.4 Å². The largest absolute Gasteiger partial charge is 0.445 e. The highest BCUT2D eigenvalue weighted by atomic mass is 32.2. The molecule has 1 aromatic rings. The summed E-state index contributed by atoms with van der Waals surface area (Å²) in [7, 11) is 0. The van der Waals surface area contributed by atoms with Crippen LogP contribution in [0.25, 0.3) is 5.57 Å². The minimum Gasteiger partial charge on any atom is -0.445 e. The number of thioether (sulfide) groups is 1. The summed E-state index contributed by atoms with van der Waals surface area (Å²) in [5.74, 6) is -2.47. The number of hydrogen-bond acceptors (Lipinski definition) is 12. The van der Waals surface area contributed by atoms with Gasteiger partial charge in [0.2, 0.25) is 6.79 Å². The third kappa shape index (κ3) is 6.22. The molecule has 3 amide bonds. The van der Waals surface area contributed by atoms with Crippen LogP contribution in [0.5, 0.6) is 0 Å². The number of allylic oxidation sites excluding steroid dienone is 1. The fourth-order valence-electron chi connectivity index (χ4n) is 3.39. The van der Waals surface area contributed by atoms with E-state index in [1.54, 1.807) is 39.2 Å². The van der Waals surface area contributed by atoms with Crippen molar-refractivity contribution in [1.82, 2.24) is 15.2 Å². The van der Waals surface area contributed by atoms with Crippen LogP contribution in [-0.2, 0) is 33.4 Å². The number of carbonyl (C=O) groups is 5. The highest BCUT2D eigenvalue weighted by Gasteiger charge is 2.54. The third-order valence-electron chi connectivity index (χ3n) is 5.24. The van der Waals surface area contributed by atoms with Crippen molar-refractivity contribution in [2.75, 3.05) is 24.9 Å². The molecule has 1 saturated heterocycles. The monoisotopic (exact) mass is 553 g/mol. The number of amides is 3. The van der Waals surface area contributed by atoms with E-state index in [0.717, 1.165) is 4.90 Å². The molecule has 1 fully saturated rings. The molecule has 3 rings (SSSR count). The van der Waals surface area contributed by atoms with Gasteiger partial charge >= 0.3 is 18.0 Å². The number of esters is 2. The van der Waals surface area contributed by atoms with Crippen LogP contribution in [0.1, 0.15) is 33.4 Å². The number of anilines is 1. The van der Waals surface area contributed by atoms with E-state index < -0.39 is 53.5 Å². The van der Waals surface area contributed by atoms with Crippen LogP contribution in [0, 0.1) is 5.41 Å². The van der Waals surface area contributed by atoms with Crippen molar-refractivity contribution in [3.63, 3.8) is 0 Å². The van der Waals surface area contributed by atoms with Crippen LogP contribution in [0.3, 0.4) is 0 Å². The van der Waals surface area contributed by atoms with Gasteiger partial charge in [0.1, 0.15) is 23.7 Å². The van der Waals surface area contributed by atoms with Gasteiger partial charge in [-0.1, -0.05) is 6.08 Å². The highest BCUT2D eigenvalue weighted by Crippen LogP contribution is 2.41. The number of hydrogen-bond donors (Lipinski definition) is 3. The molecule has 13 nitrogen and oxygen atoms in total. The zero-order chi connectivity index (χ0) is 27.5. The maximum absolute atomic E-state index is 13.1. The summed E-state index contributed by atoms with van der Waals surface area (Å²) in [5, 5.41) is 3.97. The molecule has 0 aliphatic carbocycles. The fraction of sp³-hybridized carbons (Fsp3) is 0.455. The summed E-state index contributed by atoms with van der Waals surface area (Å²) in [4.78, 5) is 67.2. The first kappa shape index (κ1) is 28.0. The zero-order valence-corrected chi connectivity index (χ0v) is 22.2. The van der Waals surface area contributed by atoms with E-state index in [-0.39, 0.29) is 29.2 Å². The molecule has 2 aliphatic heterocycles. The van der Waals surface area contributed by atoms with Gasteiger partial charge in [0.05, 0.1) is 16.7 Å². The molecule has 2 aliphatic rings. The number of nitrogens with zero attached hydrogens (tertiary/aromatic N) is 2. The quantitative estimate of drug-likeness (QED) is 0.180. The number of fused-ring (bicyclic) bond motifs is 1. The van der Waals surface area contributed by atoms with Gasteiger partial charge in [0, 0.05) is 16.7 Å². The number of thiazole rings is 1. The lowest BCUT2D eigenvalue weighted by molar-refractivity contribution is -0.173. The molecular weight excluding hydrogens is 526 g/mol. The average molecular weight is 554 g/mol. The summed E-state index contributed by atoms with van der Waals surface area (Å²) in [5.41, 5.74) is 10.6. The Bertz CT molecular complexity index is 1190. The predicted molar refractivity (Wildman–Crippen MR) is 134 cm³/mol. The molecule has 0 radical (unpaired) electrons. The Morgan fingerprint density at radius 3 is 2.51 bits per heavy atom. The normalized spacial score (nSPS) is 19.5. The molecule has 15 heteroatoms. The molecule has 0 saturated carbocycles. The molecule has 2 atom stereocenters. The molecule has 0 bridgehead atoms. The molecule has 200 valence electrons. The lowest BCUT2D eigenvalue weighted by atomic mass is 9.98. The maximum Gasteiger partial charge on any atom is 0.404 e. The number of nitrogens with one attached hydrogen (secondary N) is 1. The molecule has 37 heavy (non-hydrogen) atoms. The zero-order valence-electron chi connectivity index (χ0n) is 20.6. The molecule has 1 aromatic heterocycles. The summed E-state index contributed by atoms with van der Waals surface area (Å²) >= 11 is 2.43. The average Bonchev–Trinajstić information content (AvgIpc) is 3.25. The number of aromatic nitrogens is 1. The lowest BCUT2D eigenvalue weighted by Crippen LogP contribution is -2.70. The number of primary amides is 1. The maximum atomic E-state index is 13.1. The molecule has 0 aromatic carbocycles. The van der Waals surface area contributed by atoms with E-state index in [2.05, 4.69) is 10.3 Å². The summed E-state index contributed by atoms with van der Waals surface area (Å²) in [6, 6.07) is -0.941. The van der Waals surface area contributed by atoms with Gasteiger partial charge in [-0.2, -0.15) is 0 Å². The Morgan fingerprint density at radius 2 is 1.95 bits per heavy atom. The third-order valence-corrected chi connectivity index (χ3v) is 7.25. The van der Waals surface area contributed by atoms with Gasteiger partial charge in [-0.3, -0.25) is 19.3 Å². The second-order valence-corrected chi connectivity index (χ2v) is 10.9. The van der Waals surface area contributed by atoms with Gasteiger partial charge in [-0.05, 0) is 27.7 Å². The van der Waals surface area contributed by atoms with Crippen molar-refractivity contribution < 1.29 is 38.2 Å². The Balaban J connectivity index is 1.75. The van der Waals surface area contributed by atoms with E-state index in [0.29, 0.717) is 10.8 Å². The standard InChI is InChI=1S/C22H27N5O8S2/c1-5-11(12-8-37-20(23)25-12)15(28)26-13-16(29)27-14(10(6-33-21(24)32)7-36-17(13)27)18(30)34-9-35-19(31)22(2,3)4/h5,8,13,17H,6-7,9H2,1-4H3,(H2,23,25)(H2,24,32)(H,26,28)/b11-5+/t13-,17-/m1/s1. The molecule has 3 heterocycles. The second kappa shape index (κ2) is 11.2. The Hall–Kier alpha value is -3.59. The SMILES string of the molecule is C/C=C(/C(=O)N[C@@H]1C(=O)N2C(C(=O)OCOC(=O)C(C)(C)C)=C(COC(N)=O)CS[C@H]12)c1csc(N)n1. The molecular formula is C22H27N5O8S2. The van der Waals surface area contributed by atoms with Gasteiger partial charge in [-0.25, -0.2) is 14.6 Å². The number of ether oxygens (including phenoxy) is 3. The van der Waals surface area contributed by atoms with E-state index in [9.17, 15) is 24.0 Å². The smallest absolute Gasteiger partial charge is 0.404 e. The van der Waals surface area contributed by atoms with E-state index >= 15 is 0 Å². The Morgan fingerprint density at radius 1 is 1.24 bits per heavy atom. The number of nitrogen functional groups attached to an aromatic ring is 1. The van der Waals surface area contributed by atoms with Gasteiger partial charge in [0.15, 0.2) is 5.13 Å². The van der Waals surface area contributed by atoms with Gasteiger partial charge in [0.25, 0.3) is 11.8 Å². The first-order valence-electron chi connectivity index (χ1n) is 11.0. The number of rotatable bonds is 8. The Kier molecular flexibility index (Phi) is 8.48. The van der Waals surface area contributed by atoms with E-state index in [1.807, 2.05) is 0 Å². The van der Waals surface area contributed by atoms with Crippen LogP contribution in [0.15, 0.2) is 22.7 Å². The summed E-state index contributed by atoms with van der Waals surface area (Å²) < 4.78 is 14.9. The van der Waals surface area contributed by atoms with Crippen molar-refractivity contribution in [1.29, 1.82) is 0 Å². The number of nitrogens with two attached hydrogens (primary N) is 2.